The van der Waals surface area contributed by atoms with Crippen LogP contribution in [0.3, 0.4) is 0 Å². The molecule has 0 unspecified atom stereocenters. The smallest absolute Gasteiger partial charge is 0.272 e. The van der Waals surface area contributed by atoms with E-state index in [4.69, 9.17) is 4.74 Å². The highest BCUT2D eigenvalue weighted by Gasteiger charge is 2.48. The molecule has 1 fully saturated rings. The number of imidazole rings is 1. The van der Waals surface area contributed by atoms with Crippen LogP contribution < -0.4 is 0 Å². The van der Waals surface area contributed by atoms with Crippen LogP contribution >= 0.6 is 0 Å². The number of likely N-dealkylation sites (tertiary alicyclic amines) is 1. The summed E-state index contributed by atoms with van der Waals surface area (Å²) in [7, 11) is 0. The lowest BCUT2D eigenvalue weighted by atomic mass is 9.88. The van der Waals surface area contributed by atoms with Gasteiger partial charge in [-0.15, -0.1) is 0 Å². The molecule has 1 spiro atoms. The average molecular weight is 412 g/mol. The van der Waals surface area contributed by atoms with E-state index >= 15 is 0 Å². The zero-order chi connectivity index (χ0) is 21.3. The SMILES string of the molecule is CCN(CC)C(=O)[C@H]1Cn2ccnc2C2(CCN(C(=O)c3cccc(C)n3)CC2)O1. The molecule has 0 N–H and O–H groups in total. The molecule has 2 aromatic heterocycles. The standard InChI is InChI=1S/C22H29N5O3/c1-4-25(5-2)20(29)18-15-27-14-11-23-21(27)22(30-18)9-12-26(13-10-22)19(28)17-8-6-7-16(3)24-17/h6-8,11,14,18H,4-5,9-10,12-13,15H2,1-3H3/t18-/m1/s1. The number of fused-ring (bicyclic) bond motifs is 2. The number of piperidine rings is 1. The molecule has 2 amide bonds. The predicted molar refractivity (Wildman–Crippen MR) is 111 cm³/mol. The molecule has 30 heavy (non-hydrogen) atoms. The van der Waals surface area contributed by atoms with Gasteiger partial charge >= 0.3 is 0 Å². The van der Waals surface area contributed by atoms with Crippen molar-refractivity contribution in [3.8, 4) is 0 Å². The Kier molecular flexibility index (Phi) is 5.60. The Morgan fingerprint density at radius 1 is 1.23 bits per heavy atom. The minimum atomic E-state index is -0.647. The van der Waals surface area contributed by atoms with Gasteiger partial charge in [-0.25, -0.2) is 9.97 Å². The van der Waals surface area contributed by atoms with Gasteiger partial charge in [0.1, 0.15) is 17.1 Å². The van der Waals surface area contributed by atoms with E-state index in [0.29, 0.717) is 51.3 Å². The lowest BCUT2D eigenvalue weighted by Gasteiger charge is -2.46. The molecule has 8 heteroatoms. The van der Waals surface area contributed by atoms with Gasteiger partial charge in [0, 0.05) is 57.1 Å². The molecule has 0 aromatic carbocycles. The largest absolute Gasteiger partial charge is 0.352 e. The van der Waals surface area contributed by atoms with E-state index in [1.807, 2.05) is 53.5 Å². The fourth-order valence-electron chi connectivity index (χ4n) is 4.50. The van der Waals surface area contributed by atoms with Crippen molar-refractivity contribution < 1.29 is 14.3 Å². The molecule has 1 atom stereocenters. The Labute approximate surface area is 176 Å². The van der Waals surface area contributed by atoms with Gasteiger partial charge in [-0.1, -0.05) is 6.07 Å². The van der Waals surface area contributed by atoms with Gasteiger partial charge in [0.05, 0.1) is 6.54 Å². The van der Waals surface area contributed by atoms with Gasteiger partial charge in [-0.3, -0.25) is 9.59 Å². The lowest BCUT2D eigenvalue weighted by molar-refractivity contribution is -0.179. The van der Waals surface area contributed by atoms with Gasteiger partial charge in [-0.2, -0.15) is 0 Å². The van der Waals surface area contributed by atoms with E-state index in [2.05, 4.69) is 9.97 Å². The highest BCUT2D eigenvalue weighted by molar-refractivity contribution is 5.92. The second-order valence-corrected chi connectivity index (χ2v) is 7.97. The minimum absolute atomic E-state index is 0.0150. The van der Waals surface area contributed by atoms with Crippen LogP contribution in [0, 0.1) is 6.92 Å². The molecule has 0 aliphatic carbocycles. The van der Waals surface area contributed by atoms with Crippen LogP contribution in [0.4, 0.5) is 0 Å². The summed E-state index contributed by atoms with van der Waals surface area (Å²) in [4.78, 5) is 38.4. The van der Waals surface area contributed by atoms with Gasteiger partial charge < -0.3 is 19.1 Å². The molecule has 1 saturated heterocycles. The Balaban J connectivity index is 1.53. The van der Waals surface area contributed by atoms with Crippen molar-refractivity contribution in [3.63, 3.8) is 0 Å². The number of carbonyl (C=O) groups excluding carboxylic acids is 2. The van der Waals surface area contributed by atoms with Crippen molar-refractivity contribution in [2.45, 2.75) is 51.9 Å². The predicted octanol–water partition coefficient (Wildman–Crippen LogP) is 1.99. The number of likely N-dealkylation sites (N-methyl/N-ethyl adjacent to an activating group) is 1. The molecular formula is C22H29N5O3. The molecule has 2 aromatic rings. The molecule has 0 saturated carbocycles. The van der Waals surface area contributed by atoms with E-state index in [0.717, 1.165) is 11.5 Å². The third kappa shape index (κ3) is 3.60. The normalized spacial score (nSPS) is 20.1. The molecule has 4 rings (SSSR count). The Morgan fingerprint density at radius 3 is 2.63 bits per heavy atom. The van der Waals surface area contributed by atoms with E-state index in [1.54, 1.807) is 12.3 Å². The van der Waals surface area contributed by atoms with Crippen molar-refractivity contribution >= 4 is 11.8 Å². The van der Waals surface area contributed by atoms with Crippen molar-refractivity contribution in [2.24, 2.45) is 0 Å². The molecule has 8 nitrogen and oxygen atoms in total. The summed E-state index contributed by atoms with van der Waals surface area (Å²) in [6.07, 6.45) is 4.34. The Bertz CT molecular complexity index is 928. The van der Waals surface area contributed by atoms with Crippen LogP contribution in [0.15, 0.2) is 30.6 Å². The second-order valence-electron chi connectivity index (χ2n) is 7.97. The van der Waals surface area contributed by atoms with E-state index < -0.39 is 11.7 Å². The number of nitrogens with zero attached hydrogens (tertiary/aromatic N) is 5. The van der Waals surface area contributed by atoms with E-state index in [1.165, 1.54) is 0 Å². The topological polar surface area (TPSA) is 80.6 Å². The highest BCUT2D eigenvalue weighted by atomic mass is 16.5. The minimum Gasteiger partial charge on any atom is -0.352 e. The summed E-state index contributed by atoms with van der Waals surface area (Å²) in [6, 6.07) is 5.48. The third-order valence-corrected chi connectivity index (χ3v) is 6.17. The maximum absolute atomic E-state index is 13.0. The van der Waals surface area contributed by atoms with Crippen LogP contribution in [0.2, 0.25) is 0 Å². The van der Waals surface area contributed by atoms with E-state index in [9.17, 15) is 9.59 Å². The van der Waals surface area contributed by atoms with Crippen molar-refractivity contribution in [1.29, 1.82) is 0 Å². The summed E-state index contributed by atoms with van der Waals surface area (Å²) in [5.74, 6) is 0.802. The number of rotatable bonds is 4. The first kappa shape index (κ1) is 20.5. The summed E-state index contributed by atoms with van der Waals surface area (Å²) in [6.45, 7) is 8.70. The Morgan fingerprint density at radius 2 is 1.97 bits per heavy atom. The van der Waals surface area contributed by atoms with E-state index in [-0.39, 0.29) is 11.8 Å². The fourth-order valence-corrected chi connectivity index (χ4v) is 4.50. The number of amides is 2. The molecule has 2 aliphatic heterocycles. The quantitative estimate of drug-likeness (QED) is 0.769. The fraction of sp³-hybridized carbons (Fsp3) is 0.545. The summed E-state index contributed by atoms with van der Waals surface area (Å²) < 4.78 is 8.51. The molecular weight excluding hydrogens is 382 g/mol. The van der Waals surface area contributed by atoms with Crippen LogP contribution in [-0.2, 0) is 21.7 Å². The lowest BCUT2D eigenvalue weighted by Crippen LogP contribution is -2.55. The van der Waals surface area contributed by atoms with Crippen molar-refractivity contribution in [2.75, 3.05) is 26.2 Å². The van der Waals surface area contributed by atoms with Crippen LogP contribution in [0.25, 0.3) is 0 Å². The molecule has 2 aliphatic rings. The van der Waals surface area contributed by atoms with Gasteiger partial charge in [0.2, 0.25) is 0 Å². The molecule has 4 heterocycles. The molecule has 0 radical (unpaired) electrons. The zero-order valence-electron chi connectivity index (χ0n) is 17.9. The van der Waals surface area contributed by atoms with Gasteiger partial charge in [-0.05, 0) is 32.9 Å². The van der Waals surface area contributed by atoms with Gasteiger partial charge in [0.25, 0.3) is 11.8 Å². The number of pyridine rings is 1. The number of hydrogen-bond acceptors (Lipinski definition) is 5. The maximum atomic E-state index is 13.0. The summed E-state index contributed by atoms with van der Waals surface area (Å²) >= 11 is 0. The first-order chi connectivity index (χ1) is 14.5. The summed E-state index contributed by atoms with van der Waals surface area (Å²) in [5, 5.41) is 0. The number of aryl methyl sites for hydroxylation is 1. The van der Waals surface area contributed by atoms with Crippen molar-refractivity contribution in [3.05, 3.63) is 47.8 Å². The second kappa shape index (κ2) is 8.18. The van der Waals surface area contributed by atoms with Crippen molar-refractivity contribution in [1.82, 2.24) is 24.3 Å². The first-order valence-corrected chi connectivity index (χ1v) is 10.7. The van der Waals surface area contributed by atoms with Crippen LogP contribution in [0.5, 0.6) is 0 Å². The van der Waals surface area contributed by atoms with Crippen LogP contribution in [-0.4, -0.2) is 68.4 Å². The molecule has 160 valence electrons. The number of aromatic nitrogens is 3. The number of hydrogen-bond donors (Lipinski definition) is 0. The number of carbonyl (C=O) groups is 2. The average Bonchev–Trinajstić information content (AvgIpc) is 3.24. The zero-order valence-corrected chi connectivity index (χ0v) is 17.9. The highest BCUT2D eigenvalue weighted by Crippen LogP contribution is 2.40. The monoisotopic (exact) mass is 411 g/mol. The van der Waals surface area contributed by atoms with Gasteiger partial charge in [0.15, 0.2) is 6.10 Å². The first-order valence-electron chi connectivity index (χ1n) is 10.7. The Hall–Kier alpha value is -2.74. The number of ether oxygens (including phenoxy) is 1. The third-order valence-electron chi connectivity index (χ3n) is 6.17. The maximum Gasteiger partial charge on any atom is 0.272 e. The van der Waals surface area contributed by atoms with Crippen LogP contribution in [0.1, 0.15) is 48.7 Å². The summed E-state index contributed by atoms with van der Waals surface area (Å²) in [5.41, 5.74) is 0.641. The molecule has 0 bridgehead atoms.